The molecule has 0 spiro atoms. The zero-order chi connectivity index (χ0) is 6.85. The van der Waals surface area contributed by atoms with Crippen molar-refractivity contribution in [2.75, 3.05) is 0 Å². The lowest BCUT2D eigenvalue weighted by molar-refractivity contribution is 0.185. The molecule has 1 N–H and O–H groups in total. The Morgan fingerprint density at radius 2 is 2.33 bits per heavy atom. The third-order valence-corrected chi connectivity index (χ3v) is 1.18. The van der Waals surface area contributed by atoms with Crippen molar-refractivity contribution in [1.82, 2.24) is 9.71 Å². The smallest absolute Gasteiger partial charge is 0.131 e. The molecule has 1 rings (SSSR count). The summed E-state index contributed by atoms with van der Waals surface area (Å²) >= 11 is 0. The third-order valence-electron chi connectivity index (χ3n) is 1.18. The van der Waals surface area contributed by atoms with Gasteiger partial charge in [-0.3, -0.25) is 0 Å². The molecule has 0 amide bonds. The molecule has 0 aromatic carbocycles. The van der Waals surface area contributed by atoms with Crippen LogP contribution < -0.4 is 0 Å². The fourth-order valence-electron chi connectivity index (χ4n) is 0.626. The van der Waals surface area contributed by atoms with Gasteiger partial charge in [0.15, 0.2) is 0 Å². The SMILES string of the molecule is CC(C)c1cn(O)cn1. The average Bonchev–Trinajstić information content (AvgIpc) is 2.14. The van der Waals surface area contributed by atoms with Gasteiger partial charge in [0.2, 0.25) is 0 Å². The van der Waals surface area contributed by atoms with Crippen LogP contribution >= 0.6 is 0 Å². The van der Waals surface area contributed by atoms with Gasteiger partial charge in [0.05, 0.1) is 11.9 Å². The van der Waals surface area contributed by atoms with Crippen molar-refractivity contribution in [2.24, 2.45) is 0 Å². The van der Waals surface area contributed by atoms with E-state index in [-0.39, 0.29) is 0 Å². The molecule has 0 radical (unpaired) electrons. The fraction of sp³-hybridized carbons (Fsp3) is 0.500. The Bertz CT molecular complexity index is 193. The van der Waals surface area contributed by atoms with Crippen LogP contribution in [0.5, 0.6) is 0 Å². The summed E-state index contributed by atoms with van der Waals surface area (Å²) in [5.41, 5.74) is 0.914. The van der Waals surface area contributed by atoms with Crippen molar-refractivity contribution in [1.29, 1.82) is 0 Å². The minimum atomic E-state index is 0.387. The van der Waals surface area contributed by atoms with Crippen LogP contribution in [0.25, 0.3) is 0 Å². The molecule has 1 heterocycles. The molecular formula is C6H10N2O. The number of hydrogen-bond acceptors (Lipinski definition) is 2. The predicted molar refractivity (Wildman–Crippen MR) is 33.5 cm³/mol. The highest BCUT2D eigenvalue weighted by atomic mass is 16.5. The molecular weight excluding hydrogens is 116 g/mol. The molecule has 1 aromatic heterocycles. The molecule has 0 fully saturated rings. The standard InChI is InChI=1S/C6H10N2O/c1-5(2)6-3-8(9)4-7-6/h3-5,9H,1-2H3. The molecule has 0 aliphatic carbocycles. The van der Waals surface area contributed by atoms with Crippen LogP contribution in [0.3, 0.4) is 0 Å². The zero-order valence-corrected chi connectivity index (χ0v) is 5.57. The lowest BCUT2D eigenvalue weighted by Crippen LogP contribution is -1.85. The summed E-state index contributed by atoms with van der Waals surface area (Å²) in [5, 5.41) is 8.76. The van der Waals surface area contributed by atoms with Gasteiger partial charge in [0.1, 0.15) is 6.33 Å². The summed E-state index contributed by atoms with van der Waals surface area (Å²) < 4.78 is 0.968. The molecule has 0 aliphatic heterocycles. The maximum Gasteiger partial charge on any atom is 0.131 e. The quantitative estimate of drug-likeness (QED) is 0.575. The maximum atomic E-state index is 8.76. The van der Waals surface area contributed by atoms with Gasteiger partial charge in [0, 0.05) is 0 Å². The first-order valence-corrected chi connectivity index (χ1v) is 2.93. The highest BCUT2D eigenvalue weighted by Gasteiger charge is 2.00. The van der Waals surface area contributed by atoms with Crippen molar-refractivity contribution in [3.05, 3.63) is 18.2 Å². The first-order valence-electron chi connectivity index (χ1n) is 2.93. The molecule has 1 aromatic rings. The Kier molecular flexibility index (Phi) is 1.42. The largest absolute Gasteiger partial charge is 0.427 e. The van der Waals surface area contributed by atoms with E-state index < -0.39 is 0 Å². The number of rotatable bonds is 1. The molecule has 9 heavy (non-hydrogen) atoms. The van der Waals surface area contributed by atoms with Gasteiger partial charge in [0.25, 0.3) is 0 Å². The van der Waals surface area contributed by atoms with Crippen molar-refractivity contribution in [3.63, 3.8) is 0 Å². The highest BCUT2D eigenvalue weighted by Crippen LogP contribution is 2.08. The summed E-state index contributed by atoms with van der Waals surface area (Å²) in [6.45, 7) is 4.06. The minimum Gasteiger partial charge on any atom is -0.427 e. The monoisotopic (exact) mass is 126 g/mol. The molecule has 0 unspecified atom stereocenters. The zero-order valence-electron chi connectivity index (χ0n) is 5.57. The lowest BCUT2D eigenvalue weighted by Gasteiger charge is -1.94. The van der Waals surface area contributed by atoms with Crippen LogP contribution in [0, 0.1) is 0 Å². The van der Waals surface area contributed by atoms with Gasteiger partial charge in [-0.25, -0.2) is 4.98 Å². The number of imidazole rings is 1. The fourth-order valence-corrected chi connectivity index (χ4v) is 0.626. The molecule has 0 aliphatic rings. The summed E-state index contributed by atoms with van der Waals surface area (Å²) in [7, 11) is 0. The van der Waals surface area contributed by atoms with E-state index in [9.17, 15) is 0 Å². The summed E-state index contributed by atoms with van der Waals surface area (Å²) in [6.07, 6.45) is 2.99. The van der Waals surface area contributed by atoms with Gasteiger partial charge in [-0.2, -0.15) is 4.73 Å². The van der Waals surface area contributed by atoms with E-state index in [1.54, 1.807) is 6.20 Å². The van der Waals surface area contributed by atoms with Crippen molar-refractivity contribution in [2.45, 2.75) is 19.8 Å². The van der Waals surface area contributed by atoms with Gasteiger partial charge in [-0.05, 0) is 5.92 Å². The molecule has 0 bridgehead atoms. The Morgan fingerprint density at radius 1 is 1.67 bits per heavy atom. The Hall–Kier alpha value is -0.990. The van der Waals surface area contributed by atoms with Crippen molar-refractivity contribution in [3.8, 4) is 0 Å². The first-order chi connectivity index (χ1) is 4.20. The van der Waals surface area contributed by atoms with Gasteiger partial charge in [-0.15, -0.1) is 0 Å². The second kappa shape index (κ2) is 2.09. The number of nitrogens with zero attached hydrogens (tertiary/aromatic N) is 2. The van der Waals surface area contributed by atoms with E-state index in [2.05, 4.69) is 4.98 Å². The summed E-state index contributed by atoms with van der Waals surface area (Å²) in [4.78, 5) is 3.93. The molecule has 3 heteroatoms. The summed E-state index contributed by atoms with van der Waals surface area (Å²) in [6, 6.07) is 0. The van der Waals surface area contributed by atoms with Gasteiger partial charge >= 0.3 is 0 Å². The van der Waals surface area contributed by atoms with E-state index in [1.165, 1.54) is 6.33 Å². The first kappa shape index (κ1) is 6.13. The van der Waals surface area contributed by atoms with E-state index in [0.29, 0.717) is 5.92 Å². The second-order valence-corrected chi connectivity index (χ2v) is 2.33. The summed E-state index contributed by atoms with van der Waals surface area (Å²) in [5.74, 6) is 0.387. The lowest BCUT2D eigenvalue weighted by atomic mass is 10.2. The van der Waals surface area contributed by atoms with Crippen LogP contribution in [-0.4, -0.2) is 14.9 Å². The Balaban J connectivity index is 2.85. The highest BCUT2D eigenvalue weighted by molar-refractivity contribution is 5.00. The van der Waals surface area contributed by atoms with E-state index in [1.807, 2.05) is 13.8 Å². The van der Waals surface area contributed by atoms with Crippen LogP contribution in [0.4, 0.5) is 0 Å². The third kappa shape index (κ3) is 1.22. The Labute approximate surface area is 53.9 Å². The van der Waals surface area contributed by atoms with E-state index in [4.69, 9.17) is 5.21 Å². The number of hydrogen-bond donors (Lipinski definition) is 1. The second-order valence-electron chi connectivity index (χ2n) is 2.33. The normalized spacial score (nSPS) is 10.6. The van der Waals surface area contributed by atoms with Crippen molar-refractivity contribution < 1.29 is 5.21 Å². The van der Waals surface area contributed by atoms with Gasteiger partial charge in [-0.1, -0.05) is 13.8 Å². The molecule has 3 nitrogen and oxygen atoms in total. The van der Waals surface area contributed by atoms with Crippen LogP contribution in [0.15, 0.2) is 12.5 Å². The van der Waals surface area contributed by atoms with Crippen LogP contribution in [0.2, 0.25) is 0 Å². The van der Waals surface area contributed by atoms with Crippen LogP contribution in [0.1, 0.15) is 25.5 Å². The molecule has 0 saturated heterocycles. The van der Waals surface area contributed by atoms with Crippen LogP contribution in [-0.2, 0) is 0 Å². The number of aromatic nitrogens is 2. The molecule has 0 saturated carbocycles. The van der Waals surface area contributed by atoms with E-state index >= 15 is 0 Å². The average molecular weight is 126 g/mol. The van der Waals surface area contributed by atoms with E-state index in [0.717, 1.165) is 10.4 Å². The maximum absolute atomic E-state index is 8.76. The molecule has 0 atom stereocenters. The molecule has 50 valence electrons. The topological polar surface area (TPSA) is 38.0 Å². The van der Waals surface area contributed by atoms with Crippen molar-refractivity contribution >= 4 is 0 Å². The minimum absolute atomic E-state index is 0.387. The Morgan fingerprint density at radius 3 is 2.56 bits per heavy atom. The van der Waals surface area contributed by atoms with Gasteiger partial charge < -0.3 is 5.21 Å². The predicted octanol–water partition coefficient (Wildman–Crippen LogP) is 1.24.